The smallest absolute Gasteiger partial charge is 0.459 e. The summed E-state index contributed by atoms with van der Waals surface area (Å²) in [7, 11) is 8.56. The number of amides is 5. The first-order chi connectivity index (χ1) is 64.0. The van der Waals surface area contributed by atoms with E-state index in [-0.39, 0.29) is 94.3 Å². The maximum Gasteiger partial charge on any atom is 0.459 e. The highest BCUT2D eigenvalue weighted by Crippen LogP contribution is 2.52. The number of hydrogen-bond donors (Lipinski definition) is 2. The number of nitrogens with one attached hydrogen (secondary N) is 1. The fraction of sp³-hybridized carbons (Fsp3) is 0.526. The first-order valence-corrected chi connectivity index (χ1v) is 45.4. The van der Waals surface area contributed by atoms with Crippen LogP contribution in [0.1, 0.15) is 207 Å². The van der Waals surface area contributed by atoms with E-state index in [9.17, 15) is 104 Å². The minimum Gasteiger partial charge on any atom is -0.505 e. The number of hydrogen-bond acceptors (Lipinski definition) is 15. The predicted octanol–water partition coefficient (Wildman–Crippen LogP) is 17.7. The van der Waals surface area contributed by atoms with Crippen LogP contribution < -0.4 is 24.3 Å². The number of alkyl halides is 14. The maximum absolute atomic E-state index is 14.6. The lowest BCUT2D eigenvalue weighted by atomic mass is 9.79. The molecule has 4 aromatic carbocycles. The summed E-state index contributed by atoms with van der Waals surface area (Å²) in [6.07, 6.45) is -16.2. The van der Waals surface area contributed by atoms with E-state index in [2.05, 4.69) is 10.2 Å². The molecule has 16 rings (SSSR count). The number of aromatic nitrogens is 4. The second-order valence-corrected chi connectivity index (χ2v) is 37.9. The number of carbonyl (C=O) groups is 6. The molecular weight excluding hydrogens is 1830 g/mol. The number of ether oxygens (including phenoxy) is 4. The fourth-order valence-corrected chi connectivity index (χ4v) is 20.5. The lowest BCUT2D eigenvalue weighted by Crippen LogP contribution is -2.63. The molecule has 2 N–H and O–H groups in total. The summed E-state index contributed by atoms with van der Waals surface area (Å²) in [5.41, 5.74) is -1.87. The van der Waals surface area contributed by atoms with Crippen LogP contribution in [-0.2, 0) is 71.4 Å². The number of fused-ring (bicyclic) bond motifs is 8. The van der Waals surface area contributed by atoms with E-state index in [1.54, 1.807) is 82.2 Å². The predicted molar refractivity (Wildman–Crippen MR) is 478 cm³/mol. The normalized spacial score (nSPS) is 18.6. The lowest BCUT2D eigenvalue weighted by molar-refractivity contribution is -0.292. The number of rotatable bonds is 15. The van der Waals surface area contributed by atoms with Gasteiger partial charge in [0.15, 0.2) is 23.1 Å². The molecule has 137 heavy (non-hydrogen) atoms. The second kappa shape index (κ2) is 39.2. The van der Waals surface area contributed by atoms with Gasteiger partial charge in [0, 0.05) is 166 Å². The van der Waals surface area contributed by atoms with Crippen LogP contribution >= 0.6 is 0 Å². The van der Waals surface area contributed by atoms with Crippen LogP contribution in [0.25, 0.3) is 0 Å². The third-order valence-electron chi connectivity index (χ3n) is 27.4. The Hall–Kier alpha value is -11.3. The molecule has 0 radical (unpaired) electrons. The van der Waals surface area contributed by atoms with Crippen molar-refractivity contribution in [3.8, 4) is 28.7 Å². The first kappa shape index (κ1) is 103. The average molecular weight is 1950 g/mol. The zero-order chi connectivity index (χ0) is 100. The number of halogens is 16. The average Bonchev–Trinajstić information content (AvgIpc) is 1.57. The highest BCUT2D eigenvalue weighted by Gasteiger charge is 2.62. The Balaban J connectivity index is 0.000000177. The molecule has 5 amide bonds. The molecule has 8 aliphatic heterocycles. The molecule has 40 heteroatoms. The van der Waals surface area contributed by atoms with Gasteiger partial charge in [-0.1, -0.05) is 0 Å². The van der Waals surface area contributed by atoms with Crippen molar-refractivity contribution < 1.29 is 126 Å². The van der Waals surface area contributed by atoms with Crippen molar-refractivity contribution in [3.05, 3.63) is 206 Å². The zero-order valence-corrected chi connectivity index (χ0v) is 78.7. The Morgan fingerprint density at radius 2 is 0.883 bits per heavy atom. The van der Waals surface area contributed by atoms with Gasteiger partial charge in [-0.05, 0) is 249 Å². The molecule has 8 aromatic rings. The van der Waals surface area contributed by atoms with Crippen LogP contribution in [0.3, 0.4) is 0 Å². The van der Waals surface area contributed by atoms with Gasteiger partial charge in [-0.3, -0.25) is 48.8 Å². The summed E-state index contributed by atoms with van der Waals surface area (Å²) in [5, 5.41) is 13.1. The standard InChI is InChI=1S/C27H35F3N4O3.C25H30F5N3O3.C24H29F4N3O2.C21H21F4N3O3.2H2/c1-18(2)37-21-7-6-20(16-19(21)3)25(36)32-12-10-26(11-13-32)22-8-9-23(27(28,29)30)34(22)15-14-33(26)17-24(35)31(4)5;1-16(2)36-18-6-5-17(15-19(18)35-4)22(34)32-11-9-23(10-12-32)20-7-8-21(24(26,27)25(28,29)30)33(20)14-13-31(23)3;1-15(2)33-16-5-6-17(18(25)13-16)21(32)30-11-9-23(10-12-30)19-7-8-20(24(26,27)28)31(19)14-22(3,4)29-23;1-26-10-11-28-15(18(30)21(23,24)25)4-5-17(28)20(26)6-8-27(9-7-20)19(31)13-2-3-14(22)16(29)12-13;;/h6-9,16,18H,10-15,17H2,1-5H3;5-8,15-16H,9-14H2,1-4H3;5-8,13,15,29H,9-12,14H2,1-4H3;2-5,12,29H,6-11H2,1H3;2*1H. The molecule has 0 unspecified atom stereocenters. The van der Waals surface area contributed by atoms with Gasteiger partial charge in [-0.2, -0.15) is 61.5 Å². The molecule has 24 nitrogen and oxygen atoms in total. The molecule has 12 heterocycles. The van der Waals surface area contributed by atoms with Gasteiger partial charge in [0.25, 0.3) is 29.4 Å². The first-order valence-electron chi connectivity index (χ1n) is 45.4. The molecule has 0 saturated carbocycles. The third kappa shape index (κ3) is 20.9. The molecule has 750 valence electrons. The maximum atomic E-state index is 14.6. The van der Waals surface area contributed by atoms with Gasteiger partial charge in [-0.15, -0.1) is 0 Å². The fourth-order valence-electron chi connectivity index (χ4n) is 20.5. The number of carbonyl (C=O) groups excluding carboxylic acids is 6. The SMILES string of the molecule is CC(C)Oc1ccc(C(=O)N2CCC3(CC2)NC(C)(C)Cn2c(C(F)(F)F)ccc23)c(F)c1.CN1CCn2c(C(=O)C(F)(F)F)ccc2C12CCN(C(=O)c1ccc(F)c(O)c1)CC2.COc1cc(C(=O)N2CCC3(CC2)c2ccc(C(F)(F)C(F)(F)F)n2CCN3C)ccc1OC(C)C.Cc1cc(C(=O)N2CCC3(CC2)c2ccc(C(F)(F)F)n2CCN3CC(=O)N(C)C)ccc1OC(C)C.[HH].[HH]. The van der Waals surface area contributed by atoms with Crippen molar-refractivity contribution in [2.45, 2.75) is 216 Å². The number of phenols is 1. The Labute approximate surface area is 786 Å². The second-order valence-electron chi connectivity index (χ2n) is 37.9. The topological polar surface area (TPSA) is 217 Å². The Kier molecular flexibility index (Phi) is 29.5. The van der Waals surface area contributed by atoms with Gasteiger partial charge in [-0.25, -0.2) is 8.78 Å². The number of nitrogens with zero attached hydrogens (tertiary/aromatic N) is 12. The summed E-state index contributed by atoms with van der Waals surface area (Å²) in [6, 6.07) is 28.3. The molecule has 4 spiro atoms. The van der Waals surface area contributed by atoms with E-state index in [0.29, 0.717) is 175 Å². The van der Waals surface area contributed by atoms with Crippen LogP contribution in [0, 0.1) is 18.6 Å². The summed E-state index contributed by atoms with van der Waals surface area (Å²) in [6.45, 7) is 21.5. The Morgan fingerprint density at radius 1 is 0.453 bits per heavy atom. The van der Waals surface area contributed by atoms with Crippen molar-refractivity contribution in [1.29, 1.82) is 0 Å². The number of methoxy groups -OCH3 is 1. The van der Waals surface area contributed by atoms with Gasteiger partial charge in [0.1, 0.15) is 28.7 Å². The number of aromatic hydroxyl groups is 1. The number of likely N-dealkylation sites (N-methyl/N-ethyl adjacent to an activating group) is 3. The number of ketones is 1. The quantitative estimate of drug-likeness (QED) is 0.0721. The van der Waals surface area contributed by atoms with Crippen molar-refractivity contribution in [2.24, 2.45) is 0 Å². The molecule has 0 bridgehead atoms. The number of piperidine rings is 4. The van der Waals surface area contributed by atoms with E-state index < -0.39 is 104 Å². The van der Waals surface area contributed by atoms with Gasteiger partial charge in [0.2, 0.25) is 5.91 Å². The van der Waals surface area contributed by atoms with Crippen molar-refractivity contribution in [2.75, 3.05) is 114 Å². The van der Waals surface area contributed by atoms with Crippen LogP contribution in [0.15, 0.2) is 121 Å². The van der Waals surface area contributed by atoms with Gasteiger partial charge >= 0.3 is 30.6 Å². The van der Waals surface area contributed by atoms with Crippen LogP contribution in [0.4, 0.5) is 70.2 Å². The zero-order valence-electron chi connectivity index (χ0n) is 78.7. The van der Waals surface area contributed by atoms with E-state index in [4.69, 9.17) is 18.9 Å². The molecule has 0 aliphatic carbocycles. The van der Waals surface area contributed by atoms with Crippen LogP contribution in [0.5, 0.6) is 28.7 Å². The third-order valence-corrected chi connectivity index (χ3v) is 27.4. The van der Waals surface area contributed by atoms with Crippen molar-refractivity contribution in [3.63, 3.8) is 0 Å². The summed E-state index contributed by atoms with van der Waals surface area (Å²) < 4.78 is 244. The highest BCUT2D eigenvalue weighted by molar-refractivity contribution is 5.99. The number of phenolic OH excluding ortho intramolecular Hbond substituents is 1. The number of benzene rings is 4. The molecule has 4 fully saturated rings. The minimum absolute atomic E-state index is 0. The van der Waals surface area contributed by atoms with Gasteiger partial charge < -0.3 is 66.8 Å². The van der Waals surface area contributed by atoms with E-state index in [1.165, 1.54) is 62.1 Å². The minimum atomic E-state index is -5.68. The van der Waals surface area contributed by atoms with Gasteiger partial charge in [0.05, 0.1) is 71.1 Å². The largest absolute Gasteiger partial charge is 0.505 e. The molecule has 0 atom stereocenters. The Morgan fingerprint density at radius 3 is 1.37 bits per heavy atom. The summed E-state index contributed by atoms with van der Waals surface area (Å²) >= 11 is 0. The number of likely N-dealkylation sites (tertiary alicyclic amines) is 4. The summed E-state index contributed by atoms with van der Waals surface area (Å²) in [4.78, 5) is 90.9. The number of aryl methyl sites for hydroxylation is 1. The summed E-state index contributed by atoms with van der Waals surface area (Å²) in [5.74, 6) is -8.05. The van der Waals surface area contributed by atoms with Crippen LogP contribution in [0.2, 0.25) is 0 Å². The van der Waals surface area contributed by atoms with E-state index >= 15 is 0 Å². The number of Topliss-reactive ketones (excluding diaryl/α,β-unsaturated/α-hetero) is 1. The lowest BCUT2D eigenvalue weighted by Gasteiger charge is -2.52. The molecule has 4 saturated heterocycles. The molecular formula is C97H119F16N13O11. The van der Waals surface area contributed by atoms with Crippen molar-refractivity contribution in [1.82, 2.24) is 62.8 Å². The molecule has 8 aliphatic rings. The Bertz CT molecular complexity index is 5770. The molecule has 4 aromatic heterocycles. The van der Waals surface area contributed by atoms with E-state index in [0.717, 1.165) is 46.2 Å². The van der Waals surface area contributed by atoms with E-state index in [1.807, 2.05) is 92.3 Å². The van der Waals surface area contributed by atoms with Crippen LogP contribution in [-0.4, -0.2) is 248 Å². The highest BCUT2D eigenvalue weighted by atomic mass is 19.4. The monoisotopic (exact) mass is 1950 g/mol. The van der Waals surface area contributed by atoms with Crippen molar-refractivity contribution >= 4 is 35.3 Å².